The fourth-order valence-electron chi connectivity index (χ4n) is 7.62. The predicted octanol–water partition coefficient (Wildman–Crippen LogP) is 5.86. The van der Waals surface area contributed by atoms with Gasteiger partial charge >= 0.3 is 0 Å². The number of aromatic amines is 1. The first-order chi connectivity index (χ1) is 15.7. The van der Waals surface area contributed by atoms with Gasteiger partial charge in [-0.25, -0.2) is 0 Å². The SMILES string of the molecule is O=C1CC2CC3=c4c5c(sc6cnc7cc8c(O)cc9[nH]c1c1c2c4c(c7c65)c8c91)CC3. The topological polar surface area (TPSA) is 66.0 Å². The molecular weight excluding hydrogens is 416 g/mol. The van der Waals surface area contributed by atoms with E-state index in [9.17, 15) is 9.90 Å². The summed E-state index contributed by atoms with van der Waals surface area (Å²) in [5.74, 6) is 0.715. The maximum absolute atomic E-state index is 13.2. The molecule has 32 heavy (non-hydrogen) atoms. The van der Waals surface area contributed by atoms with Crippen molar-refractivity contribution in [3.05, 3.63) is 39.7 Å². The summed E-state index contributed by atoms with van der Waals surface area (Å²) in [6, 6.07) is 3.85. The molecule has 0 amide bonds. The molecule has 4 aromatic carbocycles. The number of benzene rings is 4. The lowest BCUT2D eigenvalue weighted by molar-refractivity contribution is 0.0968. The monoisotopic (exact) mass is 430 g/mol. The average molecular weight is 430 g/mol. The largest absolute Gasteiger partial charge is 0.507 e. The van der Waals surface area contributed by atoms with Gasteiger partial charge in [-0.05, 0) is 47.4 Å². The Morgan fingerprint density at radius 1 is 0.969 bits per heavy atom. The maximum atomic E-state index is 13.2. The second-order valence-corrected chi connectivity index (χ2v) is 11.1. The van der Waals surface area contributed by atoms with Crippen molar-refractivity contribution >= 4 is 86.9 Å². The van der Waals surface area contributed by atoms with Crippen LogP contribution in [0.15, 0.2) is 18.3 Å². The molecule has 0 saturated heterocycles. The summed E-state index contributed by atoms with van der Waals surface area (Å²) in [6.07, 6.45) is 5.77. The van der Waals surface area contributed by atoms with Gasteiger partial charge < -0.3 is 10.1 Å². The number of aryl methyl sites for hydroxylation is 1. The Labute approximate surface area is 183 Å². The fourth-order valence-corrected chi connectivity index (χ4v) is 8.81. The molecule has 3 heterocycles. The third-order valence-electron chi connectivity index (χ3n) is 8.63. The van der Waals surface area contributed by atoms with Crippen LogP contribution in [0.5, 0.6) is 5.75 Å². The molecule has 0 radical (unpaired) electrons. The molecule has 1 atom stereocenters. The van der Waals surface area contributed by atoms with E-state index in [1.165, 1.54) is 52.9 Å². The number of carbonyl (C=O) groups is 1. The van der Waals surface area contributed by atoms with E-state index in [-0.39, 0.29) is 17.5 Å². The number of rotatable bonds is 0. The molecule has 7 aromatic rings. The number of phenolic OH excluding ortho intramolecular Hbond substituents is 1. The first kappa shape index (κ1) is 15.4. The molecule has 2 N–H and O–H groups in total. The van der Waals surface area contributed by atoms with E-state index in [1.807, 2.05) is 17.5 Å². The Morgan fingerprint density at radius 3 is 2.84 bits per heavy atom. The van der Waals surface area contributed by atoms with Crippen LogP contribution < -0.4 is 5.22 Å². The maximum Gasteiger partial charge on any atom is 0.180 e. The number of Topliss-reactive ketones (excluding diaryl/α,β-unsaturated/α-hetero) is 1. The third kappa shape index (κ3) is 1.32. The van der Waals surface area contributed by atoms with Crippen molar-refractivity contribution in [2.75, 3.05) is 0 Å². The van der Waals surface area contributed by atoms with Crippen molar-refractivity contribution in [2.45, 2.75) is 31.6 Å². The number of carbonyl (C=O) groups excluding carboxylic acids is 1. The zero-order valence-electron chi connectivity index (χ0n) is 16.8. The molecule has 3 aliphatic carbocycles. The van der Waals surface area contributed by atoms with Gasteiger partial charge in [-0.15, -0.1) is 11.3 Å². The van der Waals surface area contributed by atoms with E-state index < -0.39 is 0 Å². The van der Waals surface area contributed by atoms with Gasteiger partial charge in [0.15, 0.2) is 5.78 Å². The molecule has 3 aliphatic rings. The van der Waals surface area contributed by atoms with E-state index in [4.69, 9.17) is 4.98 Å². The van der Waals surface area contributed by atoms with Gasteiger partial charge in [0.25, 0.3) is 0 Å². The Morgan fingerprint density at radius 2 is 1.91 bits per heavy atom. The minimum Gasteiger partial charge on any atom is -0.507 e. The van der Waals surface area contributed by atoms with E-state index in [2.05, 4.69) is 11.1 Å². The van der Waals surface area contributed by atoms with Gasteiger partial charge in [-0.2, -0.15) is 0 Å². The average Bonchev–Trinajstić information content (AvgIpc) is 3.37. The first-order valence-corrected chi connectivity index (χ1v) is 12.1. The highest BCUT2D eigenvalue weighted by Crippen LogP contribution is 2.56. The van der Waals surface area contributed by atoms with E-state index in [0.717, 1.165) is 57.5 Å². The second kappa shape index (κ2) is 4.39. The summed E-state index contributed by atoms with van der Waals surface area (Å²) in [6.45, 7) is 0. The highest BCUT2D eigenvalue weighted by molar-refractivity contribution is 7.20. The number of H-pyrrole nitrogens is 1. The summed E-state index contributed by atoms with van der Waals surface area (Å²) >= 11 is 1.90. The minimum absolute atomic E-state index is 0.207. The number of pyridine rings is 1. The number of phenols is 1. The van der Waals surface area contributed by atoms with Crippen molar-refractivity contribution < 1.29 is 9.90 Å². The van der Waals surface area contributed by atoms with Gasteiger partial charge in [0.2, 0.25) is 0 Å². The predicted molar refractivity (Wildman–Crippen MR) is 129 cm³/mol. The van der Waals surface area contributed by atoms with Crippen LogP contribution in [0.4, 0.5) is 0 Å². The number of nitrogens with one attached hydrogen (secondary N) is 1. The van der Waals surface area contributed by atoms with Crippen LogP contribution in [0.25, 0.3) is 69.8 Å². The molecule has 150 valence electrons. The van der Waals surface area contributed by atoms with Gasteiger partial charge in [-0.1, -0.05) is 5.57 Å². The van der Waals surface area contributed by atoms with Gasteiger partial charge in [0.1, 0.15) is 5.75 Å². The van der Waals surface area contributed by atoms with Gasteiger partial charge in [0, 0.05) is 66.7 Å². The lowest BCUT2D eigenvalue weighted by Gasteiger charge is -2.32. The number of nitrogens with zero attached hydrogens (tertiary/aromatic N) is 1. The number of hydrogen-bond acceptors (Lipinski definition) is 4. The second-order valence-electron chi connectivity index (χ2n) is 9.95. The molecule has 0 fully saturated rings. The Balaban J connectivity index is 1.75. The van der Waals surface area contributed by atoms with Crippen molar-refractivity contribution in [1.82, 2.24) is 9.97 Å². The van der Waals surface area contributed by atoms with Crippen LogP contribution in [0.1, 0.15) is 46.1 Å². The quantitative estimate of drug-likeness (QED) is 0.234. The Kier molecular flexibility index (Phi) is 2.11. The summed E-state index contributed by atoms with van der Waals surface area (Å²) < 4.78 is 1.27. The summed E-state index contributed by atoms with van der Waals surface area (Å²) in [7, 11) is 0. The fraction of sp³-hybridized carbons (Fsp3) is 0.185. The third-order valence-corrected chi connectivity index (χ3v) is 9.81. The molecule has 0 saturated carbocycles. The summed E-state index contributed by atoms with van der Waals surface area (Å²) in [4.78, 5) is 23.0. The highest BCUT2D eigenvalue weighted by atomic mass is 32.1. The zero-order valence-corrected chi connectivity index (χ0v) is 17.7. The van der Waals surface area contributed by atoms with E-state index >= 15 is 0 Å². The van der Waals surface area contributed by atoms with Crippen molar-refractivity contribution in [2.24, 2.45) is 0 Å². The molecule has 5 heteroatoms. The standard InChI is InChI=1S/C27H14N2O2S/c30-13-6-12-21-19-10(13)5-11-20-23-16(7-28-11)32-15-2-1-8-3-9-4-14(31)27(29-12)26(21)18(9)24(25(19)20)17(8)22(15)23/h5-7,9,29-30H,1-4H2. The highest BCUT2D eigenvalue weighted by Gasteiger charge is 2.39. The minimum atomic E-state index is 0.207. The summed E-state index contributed by atoms with van der Waals surface area (Å²) in [5, 5.41) is 23.3. The van der Waals surface area contributed by atoms with E-state index in [0.29, 0.717) is 6.42 Å². The van der Waals surface area contributed by atoms with Crippen molar-refractivity contribution in [3.63, 3.8) is 0 Å². The number of aromatic hydroxyl groups is 1. The molecule has 0 spiro atoms. The van der Waals surface area contributed by atoms with Crippen LogP contribution in [0.2, 0.25) is 0 Å². The number of ketones is 1. The van der Waals surface area contributed by atoms with E-state index in [1.54, 1.807) is 6.07 Å². The molecule has 3 aromatic heterocycles. The summed E-state index contributed by atoms with van der Waals surface area (Å²) in [5.41, 5.74) is 5.47. The number of thiophene rings is 1. The van der Waals surface area contributed by atoms with Crippen LogP contribution in [0, 0.1) is 0 Å². The normalized spacial score (nSPS) is 19.8. The van der Waals surface area contributed by atoms with Crippen LogP contribution in [-0.2, 0) is 6.42 Å². The smallest absolute Gasteiger partial charge is 0.180 e. The van der Waals surface area contributed by atoms with Crippen molar-refractivity contribution in [1.29, 1.82) is 0 Å². The number of hydrogen-bond donors (Lipinski definition) is 2. The lowest BCUT2D eigenvalue weighted by atomic mass is 9.70. The molecule has 0 aliphatic heterocycles. The molecule has 0 bridgehead atoms. The molecule has 4 nitrogen and oxygen atoms in total. The zero-order chi connectivity index (χ0) is 20.6. The van der Waals surface area contributed by atoms with Gasteiger partial charge in [-0.3, -0.25) is 9.78 Å². The van der Waals surface area contributed by atoms with Crippen LogP contribution in [0.3, 0.4) is 0 Å². The van der Waals surface area contributed by atoms with Crippen LogP contribution >= 0.6 is 11.3 Å². The van der Waals surface area contributed by atoms with Gasteiger partial charge in [0.05, 0.1) is 21.4 Å². The first-order valence-electron chi connectivity index (χ1n) is 11.3. The van der Waals surface area contributed by atoms with Crippen LogP contribution in [-0.4, -0.2) is 20.9 Å². The number of aromatic nitrogens is 2. The lowest BCUT2D eigenvalue weighted by Crippen LogP contribution is -2.26. The molecular formula is C27H14N2O2S. The molecule has 10 rings (SSSR count). The Hall–Kier alpha value is -3.44. The Bertz CT molecular complexity index is 2130. The molecule has 1 unspecified atom stereocenters. The van der Waals surface area contributed by atoms with Crippen molar-refractivity contribution in [3.8, 4) is 5.75 Å².